The first kappa shape index (κ1) is 13.1. The second kappa shape index (κ2) is 5.24. The van der Waals surface area contributed by atoms with Crippen LogP contribution >= 0.6 is 0 Å². The van der Waals surface area contributed by atoms with Crippen LogP contribution in [0.15, 0.2) is 48.9 Å². The lowest BCUT2D eigenvalue weighted by atomic mass is 10.2. The van der Waals surface area contributed by atoms with Gasteiger partial charge in [0.05, 0.1) is 17.4 Å². The average Bonchev–Trinajstić information content (AvgIpc) is 2.92. The van der Waals surface area contributed by atoms with E-state index >= 15 is 0 Å². The fourth-order valence-corrected chi connectivity index (χ4v) is 2.13. The van der Waals surface area contributed by atoms with Gasteiger partial charge in [-0.1, -0.05) is 12.1 Å². The molecule has 0 aliphatic heterocycles. The first-order valence-electron chi connectivity index (χ1n) is 6.53. The molecule has 2 heterocycles. The number of pyridine rings is 1. The number of aromatic nitrogens is 3. The number of nitrogens with one attached hydrogen (secondary N) is 1. The van der Waals surface area contributed by atoms with Crippen LogP contribution < -0.4 is 5.32 Å². The van der Waals surface area contributed by atoms with Gasteiger partial charge in [0.2, 0.25) is 5.91 Å². The van der Waals surface area contributed by atoms with Gasteiger partial charge in [0, 0.05) is 6.20 Å². The predicted octanol–water partition coefficient (Wildman–Crippen LogP) is 2.34. The highest BCUT2D eigenvalue weighted by Gasteiger charge is 2.18. The highest BCUT2D eigenvalue weighted by molar-refractivity contribution is 5.94. The number of nitrogens with zero attached hydrogens (tertiary/aromatic N) is 3. The van der Waals surface area contributed by atoms with Gasteiger partial charge in [0.1, 0.15) is 6.04 Å². The van der Waals surface area contributed by atoms with E-state index < -0.39 is 6.04 Å². The molecule has 6 nitrogen and oxygen atoms in total. The van der Waals surface area contributed by atoms with Gasteiger partial charge >= 0.3 is 0 Å². The van der Waals surface area contributed by atoms with Crippen molar-refractivity contribution in [3.63, 3.8) is 0 Å². The maximum absolute atomic E-state index is 12.3. The fourth-order valence-electron chi connectivity index (χ4n) is 2.13. The highest BCUT2D eigenvalue weighted by atomic mass is 16.3. The largest absolute Gasteiger partial charge is 0.504 e. The Labute approximate surface area is 121 Å². The number of benzene rings is 1. The number of hydrogen-bond acceptors (Lipinski definition) is 4. The molecule has 2 N–H and O–H groups in total. The molecule has 106 valence electrons. The van der Waals surface area contributed by atoms with E-state index in [0.717, 1.165) is 11.0 Å². The summed E-state index contributed by atoms with van der Waals surface area (Å²) in [5.41, 5.74) is 1.71. The number of para-hydroxylation sites is 2. The molecular formula is C15H14N4O2. The van der Waals surface area contributed by atoms with E-state index in [-0.39, 0.29) is 17.5 Å². The third-order valence-corrected chi connectivity index (χ3v) is 3.31. The minimum absolute atomic E-state index is 0.0615. The average molecular weight is 282 g/mol. The molecule has 0 fully saturated rings. The number of rotatable bonds is 3. The Morgan fingerprint density at radius 3 is 2.86 bits per heavy atom. The highest BCUT2D eigenvalue weighted by Crippen LogP contribution is 2.22. The fraction of sp³-hybridized carbons (Fsp3) is 0.133. The molecule has 0 bridgehead atoms. The van der Waals surface area contributed by atoms with E-state index in [2.05, 4.69) is 15.3 Å². The summed E-state index contributed by atoms with van der Waals surface area (Å²) >= 11 is 0. The van der Waals surface area contributed by atoms with E-state index in [9.17, 15) is 9.90 Å². The van der Waals surface area contributed by atoms with Crippen LogP contribution in [-0.2, 0) is 4.79 Å². The normalized spacial score (nSPS) is 12.2. The third-order valence-electron chi connectivity index (χ3n) is 3.31. The maximum Gasteiger partial charge on any atom is 0.248 e. The van der Waals surface area contributed by atoms with Gasteiger partial charge in [-0.05, 0) is 31.2 Å². The Hall–Kier alpha value is -2.89. The topological polar surface area (TPSA) is 80.0 Å². The number of hydrogen-bond donors (Lipinski definition) is 2. The van der Waals surface area contributed by atoms with E-state index in [4.69, 9.17) is 0 Å². The lowest BCUT2D eigenvalue weighted by molar-refractivity contribution is -0.118. The van der Waals surface area contributed by atoms with Crippen molar-refractivity contribution in [1.29, 1.82) is 0 Å². The molecule has 0 saturated carbocycles. The summed E-state index contributed by atoms with van der Waals surface area (Å²) < 4.78 is 1.78. The first-order valence-corrected chi connectivity index (χ1v) is 6.53. The minimum Gasteiger partial charge on any atom is -0.504 e. The van der Waals surface area contributed by atoms with Crippen LogP contribution in [0, 0.1) is 0 Å². The van der Waals surface area contributed by atoms with Crippen molar-refractivity contribution < 1.29 is 9.90 Å². The maximum atomic E-state index is 12.3. The molecule has 1 amide bonds. The van der Waals surface area contributed by atoms with Gasteiger partial charge in [-0.2, -0.15) is 0 Å². The van der Waals surface area contributed by atoms with Crippen LogP contribution in [0.1, 0.15) is 13.0 Å². The van der Waals surface area contributed by atoms with Crippen molar-refractivity contribution in [3.8, 4) is 5.75 Å². The van der Waals surface area contributed by atoms with E-state index in [1.807, 2.05) is 24.3 Å². The number of fused-ring (bicyclic) bond motifs is 1. The van der Waals surface area contributed by atoms with Crippen molar-refractivity contribution in [2.75, 3.05) is 5.32 Å². The minimum atomic E-state index is -0.473. The van der Waals surface area contributed by atoms with Crippen molar-refractivity contribution in [2.24, 2.45) is 0 Å². The summed E-state index contributed by atoms with van der Waals surface area (Å²) in [6.45, 7) is 1.77. The molecule has 3 aromatic rings. The summed E-state index contributed by atoms with van der Waals surface area (Å²) in [5, 5.41) is 12.3. The number of carbonyl (C=O) groups excluding carboxylic acids is 1. The van der Waals surface area contributed by atoms with Crippen LogP contribution in [0.2, 0.25) is 0 Å². The van der Waals surface area contributed by atoms with Crippen LogP contribution in [-0.4, -0.2) is 25.5 Å². The van der Waals surface area contributed by atoms with Gasteiger partial charge in [0.25, 0.3) is 0 Å². The number of amides is 1. The zero-order valence-corrected chi connectivity index (χ0v) is 11.4. The Kier molecular flexibility index (Phi) is 3.27. The zero-order chi connectivity index (χ0) is 14.8. The van der Waals surface area contributed by atoms with Crippen LogP contribution in [0.3, 0.4) is 0 Å². The summed E-state index contributed by atoms with van der Waals surface area (Å²) in [4.78, 5) is 20.5. The van der Waals surface area contributed by atoms with Gasteiger partial charge in [-0.15, -0.1) is 0 Å². The quantitative estimate of drug-likeness (QED) is 0.772. The molecule has 1 atom stereocenters. The summed E-state index contributed by atoms with van der Waals surface area (Å²) in [6, 6.07) is 10.2. The molecule has 0 radical (unpaired) electrons. The molecule has 0 aliphatic rings. The van der Waals surface area contributed by atoms with Gasteiger partial charge < -0.3 is 15.0 Å². The zero-order valence-electron chi connectivity index (χ0n) is 11.4. The first-order chi connectivity index (χ1) is 10.2. The lowest BCUT2D eigenvalue weighted by Gasteiger charge is -2.14. The van der Waals surface area contributed by atoms with Crippen molar-refractivity contribution >= 4 is 22.8 Å². The molecule has 0 spiro atoms. The molecule has 21 heavy (non-hydrogen) atoms. The van der Waals surface area contributed by atoms with Crippen molar-refractivity contribution in [1.82, 2.24) is 14.5 Å². The summed E-state index contributed by atoms with van der Waals surface area (Å²) in [5.74, 6) is -0.181. The molecular weight excluding hydrogens is 268 g/mol. The third kappa shape index (κ3) is 2.43. The molecule has 2 aromatic heterocycles. The van der Waals surface area contributed by atoms with E-state index in [0.29, 0.717) is 0 Å². The van der Waals surface area contributed by atoms with Crippen LogP contribution in [0.4, 0.5) is 5.82 Å². The number of aromatic hydroxyl groups is 1. The number of anilines is 1. The van der Waals surface area contributed by atoms with E-state index in [1.165, 1.54) is 12.3 Å². The Morgan fingerprint density at radius 1 is 1.24 bits per heavy atom. The molecule has 1 unspecified atom stereocenters. The molecule has 6 heteroatoms. The predicted molar refractivity (Wildman–Crippen MR) is 79.0 cm³/mol. The standard InChI is InChI=1S/C15H14N4O2/c1-10(15(21)18-14-13(20)7-4-8-16-14)19-9-17-11-5-2-3-6-12(11)19/h2-10,20H,1H3,(H,16,18,21). The van der Waals surface area contributed by atoms with Crippen molar-refractivity contribution in [3.05, 3.63) is 48.9 Å². The van der Waals surface area contributed by atoms with Gasteiger partial charge in [-0.25, -0.2) is 9.97 Å². The SMILES string of the molecule is CC(C(=O)Nc1ncccc1O)n1cnc2ccccc21. The Balaban J connectivity index is 1.86. The van der Waals surface area contributed by atoms with Crippen LogP contribution in [0.25, 0.3) is 11.0 Å². The molecule has 0 aliphatic carbocycles. The Morgan fingerprint density at radius 2 is 2.05 bits per heavy atom. The summed E-state index contributed by atoms with van der Waals surface area (Å²) in [7, 11) is 0. The van der Waals surface area contributed by atoms with Gasteiger partial charge in [-0.3, -0.25) is 4.79 Å². The molecule has 0 saturated heterocycles. The molecule has 3 rings (SSSR count). The smallest absolute Gasteiger partial charge is 0.248 e. The number of carbonyl (C=O) groups is 1. The summed E-state index contributed by atoms with van der Waals surface area (Å²) in [6.07, 6.45) is 3.14. The molecule has 1 aromatic carbocycles. The van der Waals surface area contributed by atoms with Crippen LogP contribution in [0.5, 0.6) is 5.75 Å². The second-order valence-corrected chi connectivity index (χ2v) is 4.68. The van der Waals surface area contributed by atoms with Gasteiger partial charge in [0.15, 0.2) is 11.6 Å². The Bertz CT molecular complexity index is 797. The lowest BCUT2D eigenvalue weighted by Crippen LogP contribution is -2.23. The van der Waals surface area contributed by atoms with Crippen molar-refractivity contribution in [2.45, 2.75) is 13.0 Å². The van der Waals surface area contributed by atoms with E-state index in [1.54, 1.807) is 23.9 Å². The second-order valence-electron chi connectivity index (χ2n) is 4.68. The number of imidazole rings is 1. The monoisotopic (exact) mass is 282 g/mol.